The molecule has 0 saturated heterocycles. The maximum Gasteiger partial charge on any atom is 0.508 e. The first kappa shape index (κ1) is 52.2. The Balaban J connectivity index is 4.44. The van der Waals surface area contributed by atoms with Crippen LogP contribution in [0.15, 0.2) is 48.6 Å². The number of ether oxygens (including phenoxy) is 2. The molecule has 0 N–H and O–H groups in total. The van der Waals surface area contributed by atoms with Gasteiger partial charge in [-0.2, -0.15) is 0 Å². The van der Waals surface area contributed by atoms with Crippen molar-refractivity contribution in [1.82, 2.24) is 9.80 Å². The van der Waals surface area contributed by atoms with Crippen LogP contribution in [-0.4, -0.2) is 67.9 Å². The van der Waals surface area contributed by atoms with Gasteiger partial charge in [0.2, 0.25) is 0 Å². The summed E-state index contributed by atoms with van der Waals surface area (Å²) in [7, 11) is 2.18. The molecule has 5 heteroatoms. The number of allylic oxidation sites excluding steroid dienone is 8. The Kier molecular flexibility index (Phi) is 40.8. The number of likely N-dealkylation sites (N-methyl/N-ethyl adjacent to an activating group) is 1. The number of hydrogen-bond acceptors (Lipinski definition) is 5. The first-order valence-electron chi connectivity index (χ1n) is 23.3. The van der Waals surface area contributed by atoms with Crippen LogP contribution in [0.25, 0.3) is 0 Å². The Morgan fingerprint density at radius 1 is 0.500 bits per heavy atom. The van der Waals surface area contributed by atoms with Gasteiger partial charge in [-0.05, 0) is 124 Å². The minimum Gasteiger partial charge on any atom is -0.433 e. The molecule has 0 fully saturated rings. The molecule has 0 aliphatic heterocycles. The van der Waals surface area contributed by atoms with Crippen LogP contribution < -0.4 is 0 Å². The summed E-state index contributed by atoms with van der Waals surface area (Å²) in [5.74, 6) is 0. The van der Waals surface area contributed by atoms with Gasteiger partial charge in [0.25, 0.3) is 0 Å². The Bertz CT molecular complexity index is 847. The monoisotopic (exact) mass is 757 g/mol. The van der Waals surface area contributed by atoms with Gasteiger partial charge in [0.05, 0.1) is 0 Å². The van der Waals surface area contributed by atoms with Crippen LogP contribution in [0.2, 0.25) is 0 Å². The second-order valence-electron chi connectivity index (χ2n) is 16.0. The van der Waals surface area contributed by atoms with Crippen LogP contribution in [0.4, 0.5) is 4.79 Å². The first-order valence-corrected chi connectivity index (χ1v) is 23.3. The van der Waals surface area contributed by atoms with Crippen molar-refractivity contribution in [2.75, 3.05) is 39.8 Å². The van der Waals surface area contributed by atoms with Gasteiger partial charge in [-0.25, -0.2) is 4.79 Å². The Labute approximate surface area is 337 Å². The SMILES string of the molecule is CCCCCC=CCC=CCCCCCCCCC(CCCCCCCCC=CCC=CCCCCC)OC(=O)OCCN(CCN(C)CCC)C(C)C. The summed E-state index contributed by atoms with van der Waals surface area (Å²) in [6, 6.07) is 0.417. The molecule has 5 nitrogen and oxygen atoms in total. The molecule has 0 aliphatic carbocycles. The maximum atomic E-state index is 12.8. The lowest BCUT2D eigenvalue weighted by Crippen LogP contribution is -2.40. The summed E-state index contributed by atoms with van der Waals surface area (Å²) in [6.07, 6.45) is 51.1. The number of carbonyl (C=O) groups is 1. The molecule has 0 rings (SSSR count). The molecule has 0 atom stereocenters. The molecule has 0 unspecified atom stereocenters. The van der Waals surface area contributed by atoms with E-state index in [1.165, 1.54) is 135 Å². The minimum absolute atomic E-state index is 0.0296. The van der Waals surface area contributed by atoms with Crippen molar-refractivity contribution in [2.45, 2.75) is 220 Å². The third kappa shape index (κ3) is 38.4. The van der Waals surface area contributed by atoms with E-state index in [4.69, 9.17) is 9.47 Å². The highest BCUT2D eigenvalue weighted by atomic mass is 16.7. The lowest BCUT2D eigenvalue weighted by atomic mass is 10.0. The fourth-order valence-corrected chi connectivity index (χ4v) is 6.82. The van der Waals surface area contributed by atoms with E-state index >= 15 is 0 Å². The summed E-state index contributed by atoms with van der Waals surface area (Å²) in [4.78, 5) is 17.6. The number of hydrogen-bond donors (Lipinski definition) is 0. The van der Waals surface area contributed by atoms with E-state index in [9.17, 15) is 4.79 Å². The average molecular weight is 757 g/mol. The first-order chi connectivity index (χ1) is 26.4. The van der Waals surface area contributed by atoms with Crippen LogP contribution >= 0.6 is 0 Å². The van der Waals surface area contributed by atoms with E-state index in [0.717, 1.165) is 64.7 Å². The predicted octanol–water partition coefficient (Wildman–Crippen LogP) is 15.0. The molecule has 0 bridgehead atoms. The third-order valence-corrected chi connectivity index (χ3v) is 10.4. The standard InChI is InChI=1S/C49H92N2O3/c1-7-10-12-14-16-18-20-22-24-26-28-30-32-34-36-38-40-48(54-49(52)53-46-45-51(47(4)5)44-43-50(6)42-9-3)41-39-37-35-33-31-29-27-25-23-21-19-17-15-13-11-8-2/h16-19,22-25,47-48H,7-15,20-21,26-46H2,1-6H3. The fourth-order valence-electron chi connectivity index (χ4n) is 6.82. The van der Waals surface area contributed by atoms with Crippen molar-refractivity contribution in [3.8, 4) is 0 Å². The molecule has 0 aromatic heterocycles. The molecule has 0 radical (unpaired) electrons. The molecule has 316 valence electrons. The van der Waals surface area contributed by atoms with Gasteiger partial charge < -0.3 is 14.4 Å². The Morgan fingerprint density at radius 3 is 1.35 bits per heavy atom. The van der Waals surface area contributed by atoms with Crippen molar-refractivity contribution < 1.29 is 14.3 Å². The molecule has 54 heavy (non-hydrogen) atoms. The zero-order valence-electron chi connectivity index (χ0n) is 37.0. The average Bonchev–Trinajstić information content (AvgIpc) is 3.15. The summed E-state index contributed by atoms with van der Waals surface area (Å²) in [5, 5.41) is 0. The lowest BCUT2D eigenvalue weighted by molar-refractivity contribution is 0.0100. The molecule has 0 spiro atoms. The van der Waals surface area contributed by atoms with E-state index in [-0.39, 0.29) is 6.10 Å². The summed E-state index contributed by atoms with van der Waals surface area (Å²) in [5.41, 5.74) is 0. The van der Waals surface area contributed by atoms with Gasteiger partial charge in [-0.3, -0.25) is 4.90 Å². The van der Waals surface area contributed by atoms with Crippen molar-refractivity contribution in [3.05, 3.63) is 48.6 Å². The second-order valence-corrected chi connectivity index (χ2v) is 16.0. The zero-order chi connectivity index (χ0) is 39.6. The van der Waals surface area contributed by atoms with E-state index in [1.54, 1.807) is 0 Å². The molecular formula is C49H92N2O3. The van der Waals surface area contributed by atoms with Crippen LogP contribution in [0, 0.1) is 0 Å². The minimum atomic E-state index is -0.480. The number of unbranched alkanes of at least 4 members (excludes halogenated alkanes) is 18. The maximum absolute atomic E-state index is 12.8. The van der Waals surface area contributed by atoms with Crippen molar-refractivity contribution in [2.24, 2.45) is 0 Å². The molecule has 0 saturated carbocycles. The highest BCUT2D eigenvalue weighted by Crippen LogP contribution is 2.18. The van der Waals surface area contributed by atoms with Gasteiger partial charge in [0, 0.05) is 25.7 Å². The van der Waals surface area contributed by atoms with Gasteiger partial charge >= 0.3 is 6.16 Å². The smallest absolute Gasteiger partial charge is 0.433 e. The van der Waals surface area contributed by atoms with E-state index < -0.39 is 6.16 Å². The predicted molar refractivity (Wildman–Crippen MR) is 239 cm³/mol. The van der Waals surface area contributed by atoms with Crippen LogP contribution in [-0.2, 0) is 9.47 Å². The summed E-state index contributed by atoms with van der Waals surface area (Å²) in [6.45, 7) is 15.4. The quantitative estimate of drug-likeness (QED) is 0.0354. The van der Waals surface area contributed by atoms with Crippen molar-refractivity contribution in [3.63, 3.8) is 0 Å². The number of carbonyl (C=O) groups excluding carboxylic acids is 1. The summed E-state index contributed by atoms with van der Waals surface area (Å²) < 4.78 is 11.6. The van der Waals surface area contributed by atoms with E-state index in [1.807, 2.05) is 0 Å². The van der Waals surface area contributed by atoms with E-state index in [0.29, 0.717) is 12.6 Å². The molecule has 0 aromatic rings. The van der Waals surface area contributed by atoms with Gasteiger partial charge in [0.1, 0.15) is 12.7 Å². The van der Waals surface area contributed by atoms with Crippen molar-refractivity contribution >= 4 is 6.16 Å². The number of rotatable bonds is 40. The van der Waals surface area contributed by atoms with Gasteiger partial charge in [-0.1, -0.05) is 146 Å². The molecule has 0 aliphatic rings. The van der Waals surface area contributed by atoms with Crippen molar-refractivity contribution in [1.29, 1.82) is 0 Å². The molecule has 0 heterocycles. The number of nitrogens with zero attached hydrogens (tertiary/aromatic N) is 2. The Morgan fingerprint density at radius 2 is 0.926 bits per heavy atom. The Hall–Kier alpha value is -1.85. The molecule has 0 amide bonds. The van der Waals surface area contributed by atoms with Gasteiger partial charge in [0.15, 0.2) is 0 Å². The highest BCUT2D eigenvalue weighted by Gasteiger charge is 2.17. The van der Waals surface area contributed by atoms with Crippen LogP contribution in [0.3, 0.4) is 0 Å². The second kappa shape index (κ2) is 42.3. The van der Waals surface area contributed by atoms with Crippen LogP contribution in [0.1, 0.15) is 208 Å². The van der Waals surface area contributed by atoms with Gasteiger partial charge in [-0.15, -0.1) is 0 Å². The largest absolute Gasteiger partial charge is 0.508 e. The highest BCUT2D eigenvalue weighted by molar-refractivity contribution is 5.60. The third-order valence-electron chi connectivity index (χ3n) is 10.4. The fraction of sp³-hybridized carbons (Fsp3) is 0.816. The molecule has 0 aromatic carbocycles. The molecular weight excluding hydrogens is 665 g/mol. The van der Waals surface area contributed by atoms with E-state index in [2.05, 4.69) is 100 Å². The topological polar surface area (TPSA) is 42.0 Å². The summed E-state index contributed by atoms with van der Waals surface area (Å²) >= 11 is 0. The lowest BCUT2D eigenvalue weighted by Gasteiger charge is -2.28. The zero-order valence-corrected chi connectivity index (χ0v) is 37.0. The normalized spacial score (nSPS) is 13.0. The van der Waals surface area contributed by atoms with Crippen LogP contribution in [0.5, 0.6) is 0 Å².